The Balaban J connectivity index is 1.88. The van der Waals surface area contributed by atoms with E-state index in [1.54, 1.807) is 0 Å². The molecule has 1 aromatic rings. The van der Waals surface area contributed by atoms with Gasteiger partial charge < -0.3 is 20.4 Å². The van der Waals surface area contributed by atoms with Crippen LogP contribution in [0.15, 0.2) is 46.4 Å². The molecule has 1 aliphatic rings. The fraction of sp³-hybridized carbons (Fsp3) is 0.538. The zero-order valence-corrected chi connectivity index (χ0v) is 20.7. The van der Waals surface area contributed by atoms with Crippen LogP contribution in [0.3, 0.4) is 0 Å². The van der Waals surface area contributed by atoms with Crippen molar-refractivity contribution in [1.29, 1.82) is 0 Å². The summed E-state index contributed by atoms with van der Waals surface area (Å²) in [7, 11) is 4.15. The number of hydrogen-bond acceptors (Lipinski definition) is 6. The van der Waals surface area contributed by atoms with Crippen molar-refractivity contribution in [1.82, 2.24) is 20.4 Å². The van der Waals surface area contributed by atoms with Crippen molar-refractivity contribution in [2.24, 2.45) is 9.98 Å². The second-order valence-electron chi connectivity index (χ2n) is 8.68. The van der Waals surface area contributed by atoms with E-state index in [1.165, 1.54) is 12.2 Å². The van der Waals surface area contributed by atoms with Crippen molar-refractivity contribution in [2.45, 2.75) is 25.7 Å². The van der Waals surface area contributed by atoms with Crippen molar-refractivity contribution in [2.75, 3.05) is 66.5 Å². The van der Waals surface area contributed by atoms with Gasteiger partial charge in [0.05, 0.1) is 0 Å². The second kappa shape index (κ2) is 16.7. The first-order valence-electron chi connectivity index (χ1n) is 12.2. The van der Waals surface area contributed by atoms with Crippen LogP contribution in [-0.4, -0.2) is 100 Å². The Hall–Kier alpha value is -2.84. The molecular formula is C26H40N6O2. The molecule has 1 heterocycles. The first kappa shape index (κ1) is 27.4. The van der Waals surface area contributed by atoms with Gasteiger partial charge in [0.1, 0.15) is 0 Å². The van der Waals surface area contributed by atoms with Gasteiger partial charge >= 0.3 is 0 Å². The molecule has 0 spiro atoms. The minimum absolute atomic E-state index is 0.240. The van der Waals surface area contributed by atoms with Crippen LogP contribution in [0.5, 0.6) is 0 Å². The largest absolute Gasteiger partial charge is 0.353 e. The third kappa shape index (κ3) is 13.0. The minimum atomic E-state index is -0.240. The monoisotopic (exact) mass is 468 g/mol. The Morgan fingerprint density at radius 2 is 1.15 bits per heavy atom. The van der Waals surface area contributed by atoms with Crippen LogP contribution >= 0.6 is 0 Å². The van der Waals surface area contributed by atoms with E-state index in [-0.39, 0.29) is 11.8 Å². The van der Waals surface area contributed by atoms with Crippen LogP contribution in [0.1, 0.15) is 36.8 Å². The Labute approximate surface area is 204 Å². The predicted molar refractivity (Wildman–Crippen MR) is 140 cm³/mol. The molecule has 8 heteroatoms. The molecule has 2 amide bonds. The molecule has 2 N–H and O–H groups in total. The maximum atomic E-state index is 11.9. The molecule has 0 radical (unpaired) electrons. The zero-order chi connectivity index (χ0) is 24.4. The number of carbonyl (C=O) groups excluding carboxylic acids is 2. The molecule has 1 aliphatic heterocycles. The van der Waals surface area contributed by atoms with E-state index in [0.29, 0.717) is 13.1 Å². The van der Waals surface area contributed by atoms with Gasteiger partial charge in [-0.1, -0.05) is 18.2 Å². The number of benzene rings is 1. The van der Waals surface area contributed by atoms with E-state index in [0.717, 1.165) is 76.1 Å². The van der Waals surface area contributed by atoms with Crippen molar-refractivity contribution < 1.29 is 9.59 Å². The first-order valence-corrected chi connectivity index (χ1v) is 12.2. The summed E-state index contributed by atoms with van der Waals surface area (Å²) in [6.07, 6.45) is 10.1. The molecule has 0 unspecified atom stereocenters. The summed E-state index contributed by atoms with van der Waals surface area (Å²) >= 11 is 0. The Morgan fingerprint density at radius 1 is 0.706 bits per heavy atom. The third-order valence-corrected chi connectivity index (χ3v) is 5.46. The lowest BCUT2D eigenvalue weighted by molar-refractivity contribution is -0.118. The van der Waals surface area contributed by atoms with Gasteiger partial charge in [0, 0.05) is 50.8 Å². The lowest BCUT2D eigenvalue weighted by Gasteiger charge is -2.15. The fourth-order valence-corrected chi connectivity index (χ4v) is 3.54. The molecule has 0 fully saturated rings. The summed E-state index contributed by atoms with van der Waals surface area (Å²) in [5, 5.41) is 5.65. The van der Waals surface area contributed by atoms with Crippen molar-refractivity contribution in [3.63, 3.8) is 0 Å². The van der Waals surface area contributed by atoms with Gasteiger partial charge in [-0.2, -0.15) is 0 Å². The van der Waals surface area contributed by atoms with Crippen molar-refractivity contribution >= 4 is 24.2 Å². The number of fused-ring (bicyclic) bond motifs is 2. The Kier molecular flexibility index (Phi) is 13.5. The average molecular weight is 469 g/mol. The van der Waals surface area contributed by atoms with E-state index in [9.17, 15) is 9.59 Å². The SMILES string of the molecule is CN1CCCN=Cc2cccc(c2)C=NCCCN(C)CCCNC(=O)/C=C\C(=O)NCCC1. The normalized spacial score (nSPS) is 20.8. The molecule has 0 saturated carbocycles. The minimum Gasteiger partial charge on any atom is -0.353 e. The molecule has 0 saturated heterocycles. The van der Waals surface area contributed by atoms with Gasteiger partial charge in [-0.15, -0.1) is 0 Å². The van der Waals surface area contributed by atoms with Gasteiger partial charge in [0.2, 0.25) is 11.8 Å². The topological polar surface area (TPSA) is 89.4 Å². The molecular weight excluding hydrogens is 428 g/mol. The number of hydrogen-bond donors (Lipinski definition) is 2. The maximum absolute atomic E-state index is 11.9. The molecule has 8 nitrogen and oxygen atoms in total. The zero-order valence-electron chi connectivity index (χ0n) is 20.7. The third-order valence-electron chi connectivity index (χ3n) is 5.46. The molecule has 0 atom stereocenters. The Morgan fingerprint density at radius 3 is 1.62 bits per heavy atom. The van der Waals surface area contributed by atoms with Gasteiger partial charge in [0.25, 0.3) is 0 Å². The Bertz CT molecular complexity index is 773. The van der Waals surface area contributed by atoms with E-state index in [1.807, 2.05) is 18.5 Å². The highest BCUT2D eigenvalue weighted by Crippen LogP contribution is 2.02. The summed E-state index contributed by atoms with van der Waals surface area (Å²) in [5.74, 6) is -0.480. The first-order chi connectivity index (χ1) is 16.5. The highest BCUT2D eigenvalue weighted by molar-refractivity contribution is 5.96. The highest BCUT2D eigenvalue weighted by Gasteiger charge is 2.02. The summed E-state index contributed by atoms with van der Waals surface area (Å²) in [6.45, 7) is 6.41. The maximum Gasteiger partial charge on any atom is 0.244 e. The lowest BCUT2D eigenvalue weighted by Crippen LogP contribution is -2.29. The molecule has 0 aliphatic carbocycles. The van der Waals surface area contributed by atoms with Crippen LogP contribution in [0.25, 0.3) is 0 Å². The van der Waals surface area contributed by atoms with Crippen molar-refractivity contribution in [3.8, 4) is 0 Å². The number of rotatable bonds is 0. The van der Waals surface area contributed by atoms with Crippen LogP contribution < -0.4 is 10.6 Å². The molecule has 2 bridgehead atoms. The van der Waals surface area contributed by atoms with E-state index < -0.39 is 0 Å². The second-order valence-corrected chi connectivity index (χ2v) is 8.68. The van der Waals surface area contributed by atoms with Crippen LogP contribution in [0.2, 0.25) is 0 Å². The quantitative estimate of drug-likeness (QED) is 0.607. The smallest absolute Gasteiger partial charge is 0.244 e. The number of nitrogens with zero attached hydrogens (tertiary/aromatic N) is 4. The summed E-state index contributed by atoms with van der Waals surface area (Å²) in [5.41, 5.74) is 2.18. The number of carbonyl (C=O) groups is 2. The molecule has 34 heavy (non-hydrogen) atoms. The lowest BCUT2D eigenvalue weighted by atomic mass is 10.1. The standard InChI is InChI=1S/C26H40N6O2/c1-31-16-4-12-27-21-23-8-3-9-24(20-23)22-28-13-5-17-32(2)19-7-15-30-26(34)11-10-25(33)29-14-6-18-31/h3,8-11,20-22H,4-7,12-19H2,1-2H3,(H,29,33)(H,30,34)/b11-10-,27-21?,28-22?. The van der Waals surface area contributed by atoms with Gasteiger partial charge in [-0.25, -0.2) is 0 Å². The van der Waals surface area contributed by atoms with Gasteiger partial charge in [-0.3, -0.25) is 19.6 Å². The summed E-state index contributed by atoms with van der Waals surface area (Å²) in [6, 6.07) is 8.26. The van der Waals surface area contributed by atoms with Crippen LogP contribution in [0.4, 0.5) is 0 Å². The number of nitrogens with one attached hydrogen (secondary N) is 2. The highest BCUT2D eigenvalue weighted by atomic mass is 16.2. The van der Waals surface area contributed by atoms with Crippen molar-refractivity contribution in [3.05, 3.63) is 47.5 Å². The molecule has 0 aromatic heterocycles. The average Bonchev–Trinajstić information content (AvgIpc) is 2.82. The van der Waals surface area contributed by atoms with E-state index >= 15 is 0 Å². The molecule has 1 aromatic carbocycles. The van der Waals surface area contributed by atoms with E-state index in [2.05, 4.69) is 62.7 Å². The van der Waals surface area contributed by atoms with Gasteiger partial charge in [-0.05, 0) is 83.2 Å². The predicted octanol–water partition coefficient (Wildman–Crippen LogP) is 1.75. The number of amides is 2. The van der Waals surface area contributed by atoms with E-state index in [4.69, 9.17) is 0 Å². The fourth-order valence-electron chi connectivity index (χ4n) is 3.54. The van der Waals surface area contributed by atoms with Crippen LogP contribution in [0, 0.1) is 0 Å². The van der Waals surface area contributed by atoms with Crippen LogP contribution in [-0.2, 0) is 9.59 Å². The number of aliphatic imine (C=N–C) groups is 2. The summed E-state index contributed by atoms with van der Waals surface area (Å²) in [4.78, 5) is 37.4. The molecule has 2 rings (SSSR count). The summed E-state index contributed by atoms with van der Waals surface area (Å²) < 4.78 is 0. The van der Waals surface area contributed by atoms with Gasteiger partial charge in [0.15, 0.2) is 0 Å². The molecule has 186 valence electrons.